The van der Waals surface area contributed by atoms with Crippen LogP contribution in [0, 0.1) is 6.92 Å². The van der Waals surface area contributed by atoms with E-state index in [0.29, 0.717) is 11.5 Å². The van der Waals surface area contributed by atoms with E-state index in [4.69, 9.17) is 4.52 Å². The van der Waals surface area contributed by atoms with Crippen molar-refractivity contribution in [3.8, 4) is 11.3 Å². The molecule has 1 unspecified atom stereocenters. The van der Waals surface area contributed by atoms with Crippen LogP contribution in [0.1, 0.15) is 45.9 Å². The number of rotatable bonds is 3. The van der Waals surface area contributed by atoms with Gasteiger partial charge in [-0.1, -0.05) is 41.9 Å². The Labute approximate surface area is 151 Å². The highest BCUT2D eigenvalue weighted by Crippen LogP contribution is 2.36. The number of thiophene rings is 1. The second-order valence-corrected chi connectivity index (χ2v) is 7.41. The molecule has 128 valence electrons. The van der Waals surface area contributed by atoms with E-state index in [1.54, 1.807) is 17.4 Å². The summed E-state index contributed by atoms with van der Waals surface area (Å²) in [6, 6.07) is 12.1. The first-order valence-electron chi connectivity index (χ1n) is 8.58. The minimum atomic E-state index is -0.0745. The third kappa shape index (κ3) is 2.89. The van der Waals surface area contributed by atoms with E-state index in [-0.39, 0.29) is 11.9 Å². The topological polar surface area (TPSA) is 46.3 Å². The Morgan fingerprint density at radius 2 is 2.12 bits per heavy atom. The van der Waals surface area contributed by atoms with Gasteiger partial charge in [0.2, 0.25) is 5.76 Å². The fourth-order valence-electron chi connectivity index (χ4n) is 3.46. The molecule has 4 rings (SSSR count). The van der Waals surface area contributed by atoms with E-state index in [0.717, 1.165) is 24.9 Å². The highest BCUT2D eigenvalue weighted by molar-refractivity contribution is 7.10. The first-order chi connectivity index (χ1) is 12.2. The second kappa shape index (κ2) is 6.48. The molecule has 1 amide bonds. The van der Waals surface area contributed by atoms with Gasteiger partial charge in [-0.3, -0.25) is 4.79 Å². The van der Waals surface area contributed by atoms with Crippen molar-refractivity contribution in [3.05, 3.63) is 63.5 Å². The molecular weight excluding hydrogens is 332 g/mol. The predicted molar refractivity (Wildman–Crippen MR) is 98.8 cm³/mol. The maximum atomic E-state index is 13.0. The Morgan fingerprint density at radius 1 is 1.32 bits per heavy atom. The van der Waals surface area contributed by atoms with Crippen LogP contribution >= 0.6 is 11.3 Å². The Hall–Kier alpha value is -2.40. The maximum Gasteiger partial charge on any atom is 0.293 e. The Morgan fingerprint density at radius 3 is 2.88 bits per heavy atom. The van der Waals surface area contributed by atoms with E-state index >= 15 is 0 Å². The SMILES string of the molecule is CCC1c2ccsc2CCN1C(=O)c1cc(-c2ccc(C)cc2)no1. The van der Waals surface area contributed by atoms with E-state index in [9.17, 15) is 4.79 Å². The largest absolute Gasteiger partial charge is 0.350 e. The molecular formula is C20H20N2O2S. The van der Waals surface area contributed by atoms with Gasteiger partial charge in [0.25, 0.3) is 5.91 Å². The third-order valence-electron chi connectivity index (χ3n) is 4.81. The number of carbonyl (C=O) groups is 1. The molecule has 0 aliphatic carbocycles. The first-order valence-corrected chi connectivity index (χ1v) is 9.46. The monoisotopic (exact) mass is 352 g/mol. The number of hydrogen-bond donors (Lipinski definition) is 0. The highest BCUT2D eigenvalue weighted by atomic mass is 32.1. The molecule has 0 saturated carbocycles. The van der Waals surface area contributed by atoms with Gasteiger partial charge in [0.15, 0.2) is 0 Å². The molecule has 3 aromatic rings. The molecule has 1 aromatic carbocycles. The molecule has 3 heterocycles. The summed E-state index contributed by atoms with van der Waals surface area (Å²) in [5.74, 6) is 0.238. The number of aryl methyl sites for hydroxylation is 1. The number of hydrogen-bond acceptors (Lipinski definition) is 4. The summed E-state index contributed by atoms with van der Waals surface area (Å²) in [5.41, 5.74) is 4.13. The number of fused-ring (bicyclic) bond motifs is 1. The fourth-order valence-corrected chi connectivity index (χ4v) is 4.39. The van der Waals surface area contributed by atoms with Crippen molar-refractivity contribution in [1.82, 2.24) is 10.1 Å². The van der Waals surface area contributed by atoms with Crippen molar-refractivity contribution in [2.45, 2.75) is 32.7 Å². The first kappa shape index (κ1) is 16.1. The summed E-state index contributed by atoms with van der Waals surface area (Å²) in [6.07, 6.45) is 1.81. The molecule has 0 N–H and O–H groups in total. The van der Waals surface area contributed by atoms with E-state index in [1.165, 1.54) is 16.0 Å². The Kier molecular flexibility index (Phi) is 4.17. The lowest BCUT2D eigenvalue weighted by Gasteiger charge is -2.34. The lowest BCUT2D eigenvalue weighted by atomic mass is 9.97. The molecule has 5 heteroatoms. The minimum Gasteiger partial charge on any atom is -0.350 e. The zero-order valence-corrected chi connectivity index (χ0v) is 15.2. The van der Waals surface area contributed by atoms with E-state index in [2.05, 4.69) is 23.5 Å². The average Bonchev–Trinajstić information content (AvgIpc) is 3.30. The van der Waals surface area contributed by atoms with Crippen molar-refractivity contribution >= 4 is 17.2 Å². The van der Waals surface area contributed by atoms with Crippen LogP contribution in [0.25, 0.3) is 11.3 Å². The fraction of sp³-hybridized carbons (Fsp3) is 0.300. The molecule has 0 spiro atoms. The van der Waals surface area contributed by atoms with E-state index in [1.807, 2.05) is 36.1 Å². The summed E-state index contributed by atoms with van der Waals surface area (Å²) < 4.78 is 5.39. The van der Waals surface area contributed by atoms with Gasteiger partial charge in [-0.05, 0) is 36.8 Å². The third-order valence-corrected chi connectivity index (χ3v) is 5.81. The van der Waals surface area contributed by atoms with Gasteiger partial charge in [-0.25, -0.2) is 0 Å². The zero-order chi connectivity index (χ0) is 17.4. The number of aromatic nitrogens is 1. The van der Waals surface area contributed by atoms with Crippen LogP contribution in [0.5, 0.6) is 0 Å². The lowest BCUT2D eigenvalue weighted by Crippen LogP contribution is -2.39. The van der Waals surface area contributed by atoms with Crippen LogP contribution in [-0.4, -0.2) is 22.5 Å². The summed E-state index contributed by atoms with van der Waals surface area (Å²) in [5, 5.41) is 6.21. The zero-order valence-electron chi connectivity index (χ0n) is 14.4. The van der Waals surface area contributed by atoms with Crippen molar-refractivity contribution in [2.75, 3.05) is 6.54 Å². The highest BCUT2D eigenvalue weighted by Gasteiger charge is 2.32. The van der Waals surface area contributed by atoms with Crippen molar-refractivity contribution in [1.29, 1.82) is 0 Å². The van der Waals surface area contributed by atoms with Gasteiger partial charge < -0.3 is 9.42 Å². The molecule has 1 aliphatic heterocycles. The number of nitrogens with zero attached hydrogens (tertiary/aromatic N) is 2. The van der Waals surface area contributed by atoms with Gasteiger partial charge in [0.05, 0.1) is 6.04 Å². The van der Waals surface area contributed by atoms with E-state index < -0.39 is 0 Å². The van der Waals surface area contributed by atoms with Crippen LogP contribution < -0.4 is 0 Å². The Balaban J connectivity index is 1.60. The van der Waals surface area contributed by atoms with Crippen LogP contribution in [0.15, 0.2) is 46.3 Å². The van der Waals surface area contributed by atoms with Gasteiger partial charge in [-0.2, -0.15) is 0 Å². The van der Waals surface area contributed by atoms with Crippen LogP contribution in [0.4, 0.5) is 0 Å². The molecule has 4 nitrogen and oxygen atoms in total. The maximum absolute atomic E-state index is 13.0. The normalized spacial score (nSPS) is 16.7. The van der Waals surface area contributed by atoms with Crippen LogP contribution in [0.3, 0.4) is 0 Å². The molecule has 25 heavy (non-hydrogen) atoms. The molecule has 1 aliphatic rings. The van der Waals surface area contributed by atoms with Crippen molar-refractivity contribution in [3.63, 3.8) is 0 Å². The summed E-state index contributed by atoms with van der Waals surface area (Å²) in [6.45, 7) is 4.89. The van der Waals surface area contributed by atoms with Crippen molar-refractivity contribution in [2.24, 2.45) is 0 Å². The molecule has 0 saturated heterocycles. The number of carbonyl (C=O) groups excluding carboxylic acids is 1. The lowest BCUT2D eigenvalue weighted by molar-refractivity contribution is 0.0615. The van der Waals surface area contributed by atoms with Gasteiger partial charge in [0, 0.05) is 23.1 Å². The number of benzene rings is 1. The van der Waals surface area contributed by atoms with Crippen LogP contribution in [0.2, 0.25) is 0 Å². The number of amides is 1. The molecule has 1 atom stereocenters. The quantitative estimate of drug-likeness (QED) is 0.676. The molecule has 0 fully saturated rings. The average molecular weight is 352 g/mol. The second-order valence-electron chi connectivity index (χ2n) is 6.41. The van der Waals surface area contributed by atoms with Gasteiger partial charge >= 0.3 is 0 Å². The summed E-state index contributed by atoms with van der Waals surface area (Å²) >= 11 is 1.78. The summed E-state index contributed by atoms with van der Waals surface area (Å²) in [4.78, 5) is 16.3. The van der Waals surface area contributed by atoms with Gasteiger partial charge in [-0.15, -0.1) is 11.3 Å². The van der Waals surface area contributed by atoms with Gasteiger partial charge in [0.1, 0.15) is 5.69 Å². The van der Waals surface area contributed by atoms with Crippen molar-refractivity contribution < 1.29 is 9.32 Å². The smallest absolute Gasteiger partial charge is 0.293 e. The molecule has 0 radical (unpaired) electrons. The Bertz CT molecular complexity index is 895. The summed E-state index contributed by atoms with van der Waals surface area (Å²) in [7, 11) is 0. The predicted octanol–water partition coefficient (Wildman–Crippen LogP) is 4.86. The standard InChI is InChI=1S/C20H20N2O2S/c1-3-17-15-9-11-25-19(15)8-10-22(17)20(23)18-12-16(21-24-18)14-6-4-13(2)5-7-14/h4-7,9,11-12,17H,3,8,10H2,1-2H3. The minimum absolute atomic E-state index is 0.0745. The molecule has 0 bridgehead atoms. The molecule has 2 aromatic heterocycles. The van der Waals surface area contributed by atoms with Crippen LogP contribution in [-0.2, 0) is 6.42 Å².